The summed E-state index contributed by atoms with van der Waals surface area (Å²) in [5.41, 5.74) is 0.679. The maximum absolute atomic E-state index is 12.8. The van der Waals surface area contributed by atoms with Crippen molar-refractivity contribution < 1.29 is 14.3 Å². The number of anilines is 1. The lowest BCUT2D eigenvalue weighted by molar-refractivity contribution is -0.137. The van der Waals surface area contributed by atoms with Crippen molar-refractivity contribution in [1.82, 2.24) is 4.90 Å². The first-order valence-corrected chi connectivity index (χ1v) is 9.43. The Morgan fingerprint density at radius 2 is 1.89 bits per heavy atom. The Hall–Kier alpha value is -2.24. The molecule has 0 aromatic heterocycles. The van der Waals surface area contributed by atoms with Crippen molar-refractivity contribution in [3.8, 4) is 5.75 Å². The van der Waals surface area contributed by atoms with E-state index in [9.17, 15) is 9.59 Å². The quantitative estimate of drug-likeness (QED) is 0.727. The maximum atomic E-state index is 12.8. The first kappa shape index (κ1) is 19.5. The summed E-state index contributed by atoms with van der Waals surface area (Å²) in [6.07, 6.45) is 0.763. The standard InChI is InChI=1S/C20H20Cl2N2O3/c1-23(19(25)11-13-27-15-8-6-14(21)7-9-15)18-10-12-24(20(18)26)17-5-3-2-4-16(17)22/h2-9,18H,10-13H2,1H3. The van der Waals surface area contributed by atoms with Crippen LogP contribution < -0.4 is 9.64 Å². The van der Waals surface area contributed by atoms with Gasteiger partial charge in [-0.1, -0.05) is 35.3 Å². The minimum Gasteiger partial charge on any atom is -0.493 e. The van der Waals surface area contributed by atoms with E-state index in [1.54, 1.807) is 42.3 Å². The van der Waals surface area contributed by atoms with Crippen molar-refractivity contribution >= 4 is 40.7 Å². The summed E-state index contributed by atoms with van der Waals surface area (Å²) in [6, 6.07) is 13.7. The highest BCUT2D eigenvalue weighted by Crippen LogP contribution is 2.30. The van der Waals surface area contributed by atoms with E-state index >= 15 is 0 Å². The average molecular weight is 407 g/mol. The van der Waals surface area contributed by atoms with Crippen molar-refractivity contribution in [2.45, 2.75) is 18.9 Å². The van der Waals surface area contributed by atoms with Gasteiger partial charge in [-0.15, -0.1) is 0 Å². The monoisotopic (exact) mass is 406 g/mol. The third-order valence-corrected chi connectivity index (χ3v) is 5.15. The topological polar surface area (TPSA) is 49.9 Å². The highest BCUT2D eigenvalue weighted by Gasteiger charge is 2.37. The molecule has 1 aliphatic rings. The zero-order chi connectivity index (χ0) is 19.4. The van der Waals surface area contributed by atoms with Crippen LogP contribution in [0.5, 0.6) is 5.75 Å². The Balaban J connectivity index is 1.55. The van der Waals surface area contributed by atoms with Crippen LogP contribution >= 0.6 is 23.2 Å². The van der Waals surface area contributed by atoms with E-state index < -0.39 is 6.04 Å². The van der Waals surface area contributed by atoms with Gasteiger partial charge in [-0.2, -0.15) is 0 Å². The molecule has 0 aliphatic carbocycles. The van der Waals surface area contributed by atoms with Gasteiger partial charge in [0.25, 0.3) is 0 Å². The van der Waals surface area contributed by atoms with Gasteiger partial charge >= 0.3 is 0 Å². The molecule has 5 nitrogen and oxygen atoms in total. The van der Waals surface area contributed by atoms with Crippen LogP contribution in [0.4, 0.5) is 5.69 Å². The molecule has 0 saturated carbocycles. The molecule has 1 unspecified atom stereocenters. The van der Waals surface area contributed by atoms with E-state index in [1.807, 2.05) is 18.2 Å². The fraction of sp³-hybridized carbons (Fsp3) is 0.300. The Labute approximate surface area is 168 Å². The molecule has 2 amide bonds. The number of ether oxygens (including phenoxy) is 1. The van der Waals surface area contributed by atoms with Gasteiger partial charge in [0, 0.05) is 18.6 Å². The van der Waals surface area contributed by atoms with Crippen molar-refractivity contribution in [2.75, 3.05) is 25.1 Å². The molecule has 0 bridgehead atoms. The molecule has 0 N–H and O–H groups in total. The third-order valence-electron chi connectivity index (χ3n) is 4.58. The Morgan fingerprint density at radius 1 is 1.19 bits per heavy atom. The number of likely N-dealkylation sites (N-methyl/N-ethyl adjacent to an activating group) is 1. The molecule has 7 heteroatoms. The minimum atomic E-state index is -0.482. The van der Waals surface area contributed by atoms with Gasteiger partial charge in [-0.25, -0.2) is 0 Å². The van der Waals surface area contributed by atoms with Crippen LogP contribution in [-0.4, -0.2) is 43.0 Å². The lowest BCUT2D eigenvalue weighted by Crippen LogP contribution is -2.43. The normalized spacial score (nSPS) is 16.5. The molecular formula is C20H20Cl2N2O3. The number of carbonyl (C=O) groups is 2. The molecule has 1 saturated heterocycles. The molecule has 0 radical (unpaired) electrons. The van der Waals surface area contributed by atoms with Gasteiger partial charge in [-0.05, 0) is 42.8 Å². The molecule has 1 atom stereocenters. The number of halogens is 2. The maximum Gasteiger partial charge on any atom is 0.249 e. The van der Waals surface area contributed by atoms with E-state index in [1.165, 1.54) is 4.90 Å². The second-order valence-corrected chi connectivity index (χ2v) is 7.15. The minimum absolute atomic E-state index is 0.113. The molecular weight excluding hydrogens is 387 g/mol. The van der Waals surface area contributed by atoms with E-state index in [0.29, 0.717) is 34.4 Å². The lowest BCUT2D eigenvalue weighted by Gasteiger charge is -2.24. The van der Waals surface area contributed by atoms with E-state index in [0.717, 1.165) is 0 Å². The summed E-state index contributed by atoms with van der Waals surface area (Å²) in [6.45, 7) is 0.770. The SMILES string of the molecule is CN(C(=O)CCOc1ccc(Cl)cc1)C1CCN(c2ccccc2Cl)C1=O. The summed E-state index contributed by atoms with van der Waals surface area (Å²) < 4.78 is 5.56. The number of hydrogen-bond donors (Lipinski definition) is 0. The Bertz CT molecular complexity index is 826. The highest BCUT2D eigenvalue weighted by molar-refractivity contribution is 6.34. The second kappa shape index (κ2) is 8.63. The van der Waals surface area contributed by atoms with Gasteiger partial charge < -0.3 is 14.5 Å². The summed E-state index contributed by atoms with van der Waals surface area (Å²) >= 11 is 12.0. The van der Waals surface area contributed by atoms with Gasteiger partial charge in [0.2, 0.25) is 11.8 Å². The van der Waals surface area contributed by atoms with Crippen LogP contribution in [0.2, 0.25) is 10.0 Å². The summed E-state index contributed by atoms with van der Waals surface area (Å²) in [5, 5.41) is 1.15. The van der Waals surface area contributed by atoms with Gasteiger partial charge in [0.15, 0.2) is 0 Å². The van der Waals surface area contributed by atoms with Crippen molar-refractivity contribution in [2.24, 2.45) is 0 Å². The van der Waals surface area contributed by atoms with Crippen LogP contribution in [0.25, 0.3) is 0 Å². The van der Waals surface area contributed by atoms with Crippen LogP contribution in [-0.2, 0) is 9.59 Å². The van der Waals surface area contributed by atoms with Crippen LogP contribution in [0.15, 0.2) is 48.5 Å². The first-order valence-electron chi connectivity index (χ1n) is 8.67. The molecule has 3 rings (SSSR count). The number of nitrogens with zero attached hydrogens (tertiary/aromatic N) is 2. The summed E-state index contributed by atoms with van der Waals surface area (Å²) in [4.78, 5) is 28.4. The molecule has 1 heterocycles. The third kappa shape index (κ3) is 4.54. The molecule has 2 aromatic carbocycles. The smallest absolute Gasteiger partial charge is 0.249 e. The first-order chi connectivity index (χ1) is 13.0. The molecule has 1 fully saturated rings. The van der Waals surface area contributed by atoms with Gasteiger partial charge in [0.1, 0.15) is 11.8 Å². The van der Waals surface area contributed by atoms with E-state index in [4.69, 9.17) is 27.9 Å². The molecule has 2 aromatic rings. The van der Waals surface area contributed by atoms with Gasteiger partial charge in [0.05, 0.1) is 23.7 Å². The molecule has 1 aliphatic heterocycles. The van der Waals surface area contributed by atoms with E-state index in [2.05, 4.69) is 0 Å². The zero-order valence-corrected chi connectivity index (χ0v) is 16.4. The Kier molecular flexibility index (Phi) is 6.24. The number of amides is 2. The summed E-state index contributed by atoms with van der Waals surface area (Å²) in [7, 11) is 1.66. The summed E-state index contributed by atoms with van der Waals surface area (Å²) in [5.74, 6) is 0.401. The Morgan fingerprint density at radius 3 is 2.59 bits per heavy atom. The number of carbonyl (C=O) groups excluding carboxylic acids is 2. The molecule has 27 heavy (non-hydrogen) atoms. The predicted octanol–water partition coefficient (Wildman–Crippen LogP) is 4.03. The fourth-order valence-corrected chi connectivity index (χ4v) is 3.43. The second-order valence-electron chi connectivity index (χ2n) is 6.30. The highest BCUT2D eigenvalue weighted by atomic mass is 35.5. The number of para-hydroxylation sites is 1. The fourth-order valence-electron chi connectivity index (χ4n) is 3.07. The number of hydrogen-bond acceptors (Lipinski definition) is 3. The van der Waals surface area contributed by atoms with Crippen molar-refractivity contribution in [1.29, 1.82) is 0 Å². The zero-order valence-electron chi connectivity index (χ0n) is 14.9. The molecule has 142 valence electrons. The van der Waals surface area contributed by atoms with Crippen LogP contribution in [0, 0.1) is 0 Å². The molecule has 0 spiro atoms. The predicted molar refractivity (Wildman–Crippen MR) is 107 cm³/mol. The van der Waals surface area contributed by atoms with Crippen molar-refractivity contribution in [3.63, 3.8) is 0 Å². The number of benzene rings is 2. The average Bonchev–Trinajstić information content (AvgIpc) is 3.04. The largest absolute Gasteiger partial charge is 0.493 e. The van der Waals surface area contributed by atoms with Crippen LogP contribution in [0.3, 0.4) is 0 Å². The number of rotatable bonds is 6. The lowest BCUT2D eigenvalue weighted by atomic mass is 10.2. The van der Waals surface area contributed by atoms with Crippen LogP contribution in [0.1, 0.15) is 12.8 Å². The van der Waals surface area contributed by atoms with Crippen molar-refractivity contribution in [3.05, 3.63) is 58.6 Å². The van der Waals surface area contributed by atoms with E-state index in [-0.39, 0.29) is 24.8 Å². The van der Waals surface area contributed by atoms with Gasteiger partial charge in [-0.3, -0.25) is 9.59 Å².